The first kappa shape index (κ1) is 14.2. The number of nitrogens with two attached hydrogens (primary N) is 1. The Balaban J connectivity index is 2.08. The zero-order valence-electron chi connectivity index (χ0n) is 10.2. The van der Waals surface area contributed by atoms with Crippen LogP contribution in [0.15, 0.2) is 18.2 Å². The molecular weight excluding hydrogens is 272 g/mol. The molecule has 1 fully saturated rings. The average Bonchev–Trinajstić information content (AvgIpc) is 2.34. The largest absolute Gasteiger partial charge is 0.326 e. The summed E-state index contributed by atoms with van der Waals surface area (Å²) in [5, 5.41) is 0.705. The zero-order valence-corrected chi connectivity index (χ0v) is 11.9. The van der Waals surface area contributed by atoms with Crippen molar-refractivity contribution in [1.29, 1.82) is 0 Å². The van der Waals surface area contributed by atoms with E-state index < -0.39 is 11.6 Å². The first-order valence-corrected chi connectivity index (χ1v) is 8.11. The predicted octanol–water partition coefficient (Wildman–Crippen LogP) is 3.07. The summed E-state index contributed by atoms with van der Waals surface area (Å²) in [4.78, 5) is 0. The van der Waals surface area contributed by atoms with Gasteiger partial charge in [-0.05, 0) is 18.6 Å². The van der Waals surface area contributed by atoms with Gasteiger partial charge in [0.15, 0.2) is 0 Å². The first-order valence-electron chi connectivity index (χ1n) is 6.01. The van der Waals surface area contributed by atoms with Gasteiger partial charge in [0.2, 0.25) is 0 Å². The molecule has 1 aliphatic rings. The van der Waals surface area contributed by atoms with E-state index in [0.717, 1.165) is 11.5 Å². The minimum Gasteiger partial charge on any atom is -0.326 e. The maximum Gasteiger partial charge on any atom is 0.129 e. The number of benzene rings is 1. The Bertz CT molecular complexity index is 394. The number of halogens is 2. The van der Waals surface area contributed by atoms with Crippen LogP contribution in [-0.2, 0) is 6.42 Å². The molecule has 0 saturated carbocycles. The molecule has 3 unspecified atom stereocenters. The molecule has 5 heteroatoms. The van der Waals surface area contributed by atoms with Crippen LogP contribution in [0.3, 0.4) is 0 Å². The molecule has 0 aromatic heterocycles. The fourth-order valence-corrected chi connectivity index (χ4v) is 5.09. The van der Waals surface area contributed by atoms with Gasteiger partial charge >= 0.3 is 0 Å². The van der Waals surface area contributed by atoms with Crippen molar-refractivity contribution in [3.8, 4) is 0 Å². The van der Waals surface area contributed by atoms with Gasteiger partial charge in [0.1, 0.15) is 11.6 Å². The maximum atomic E-state index is 13.6. The van der Waals surface area contributed by atoms with Crippen molar-refractivity contribution < 1.29 is 8.78 Å². The highest BCUT2D eigenvalue weighted by Gasteiger charge is 2.29. The average molecular weight is 289 g/mol. The lowest BCUT2D eigenvalue weighted by Crippen LogP contribution is -2.42. The summed E-state index contributed by atoms with van der Waals surface area (Å²) >= 11 is 3.70. The molecule has 1 aromatic rings. The van der Waals surface area contributed by atoms with E-state index >= 15 is 0 Å². The molecule has 0 bridgehead atoms. The Hall–Kier alpha value is -0.260. The summed E-state index contributed by atoms with van der Waals surface area (Å²) in [6, 6.07) is 3.76. The SMILES string of the molecule is CC1SCCSC1C(N)Cc1c(F)cccc1F. The third kappa shape index (κ3) is 3.19. The van der Waals surface area contributed by atoms with Crippen molar-refractivity contribution >= 4 is 23.5 Å². The Labute approximate surface area is 115 Å². The normalized spacial score (nSPS) is 26.0. The smallest absolute Gasteiger partial charge is 0.129 e. The van der Waals surface area contributed by atoms with Crippen LogP contribution in [0.4, 0.5) is 8.78 Å². The van der Waals surface area contributed by atoms with E-state index in [0.29, 0.717) is 5.25 Å². The second-order valence-electron chi connectivity index (χ2n) is 4.48. The molecule has 0 amide bonds. The van der Waals surface area contributed by atoms with Gasteiger partial charge in [-0.15, -0.1) is 0 Å². The summed E-state index contributed by atoms with van der Waals surface area (Å²) < 4.78 is 27.1. The standard InChI is InChI=1S/C13H17F2NS2/c1-8-13(18-6-5-17-8)12(16)7-9-10(14)3-2-4-11(9)15/h2-4,8,12-13H,5-7,16H2,1H3. The Morgan fingerprint density at radius 3 is 2.50 bits per heavy atom. The van der Waals surface area contributed by atoms with Crippen LogP contribution >= 0.6 is 23.5 Å². The molecule has 1 nitrogen and oxygen atoms in total. The lowest BCUT2D eigenvalue weighted by atomic mass is 10.0. The van der Waals surface area contributed by atoms with Gasteiger partial charge in [-0.1, -0.05) is 13.0 Å². The van der Waals surface area contributed by atoms with Gasteiger partial charge in [0.05, 0.1) is 0 Å². The molecule has 100 valence electrons. The Kier molecular flexibility index (Phi) is 4.92. The molecule has 0 spiro atoms. The van der Waals surface area contributed by atoms with Crippen molar-refractivity contribution in [2.45, 2.75) is 29.9 Å². The highest BCUT2D eigenvalue weighted by atomic mass is 32.2. The fourth-order valence-electron chi connectivity index (χ4n) is 2.20. The molecule has 1 aromatic carbocycles. The van der Waals surface area contributed by atoms with Gasteiger partial charge in [-0.2, -0.15) is 23.5 Å². The van der Waals surface area contributed by atoms with Crippen molar-refractivity contribution in [2.75, 3.05) is 11.5 Å². The molecule has 2 rings (SSSR count). The van der Waals surface area contributed by atoms with Gasteiger partial charge in [-0.25, -0.2) is 8.78 Å². The van der Waals surface area contributed by atoms with Crippen molar-refractivity contribution in [3.05, 3.63) is 35.4 Å². The second-order valence-corrected chi connectivity index (χ2v) is 7.25. The lowest BCUT2D eigenvalue weighted by Gasteiger charge is -2.32. The van der Waals surface area contributed by atoms with Gasteiger partial charge in [-0.3, -0.25) is 0 Å². The van der Waals surface area contributed by atoms with Gasteiger partial charge in [0.25, 0.3) is 0 Å². The van der Waals surface area contributed by atoms with E-state index in [-0.39, 0.29) is 23.3 Å². The zero-order chi connectivity index (χ0) is 13.1. The van der Waals surface area contributed by atoms with Crippen molar-refractivity contribution in [3.63, 3.8) is 0 Å². The topological polar surface area (TPSA) is 26.0 Å². The van der Waals surface area contributed by atoms with E-state index in [1.807, 2.05) is 23.5 Å². The number of rotatable bonds is 3. The maximum absolute atomic E-state index is 13.6. The molecule has 1 heterocycles. The number of hydrogen-bond donors (Lipinski definition) is 1. The van der Waals surface area contributed by atoms with E-state index in [4.69, 9.17) is 5.73 Å². The quantitative estimate of drug-likeness (QED) is 0.926. The van der Waals surface area contributed by atoms with Crippen LogP contribution < -0.4 is 5.73 Å². The van der Waals surface area contributed by atoms with E-state index in [1.165, 1.54) is 18.2 Å². The third-order valence-corrected chi connectivity index (χ3v) is 6.43. The Morgan fingerprint density at radius 1 is 1.28 bits per heavy atom. The Morgan fingerprint density at radius 2 is 1.89 bits per heavy atom. The summed E-state index contributed by atoms with van der Waals surface area (Å²) in [5.41, 5.74) is 6.26. The number of hydrogen-bond acceptors (Lipinski definition) is 3. The van der Waals surface area contributed by atoms with Gasteiger partial charge in [0, 0.05) is 33.6 Å². The summed E-state index contributed by atoms with van der Waals surface area (Å²) in [6.45, 7) is 2.14. The second kappa shape index (κ2) is 6.26. The van der Waals surface area contributed by atoms with E-state index in [1.54, 1.807) is 0 Å². The van der Waals surface area contributed by atoms with E-state index in [2.05, 4.69) is 6.92 Å². The van der Waals surface area contributed by atoms with Crippen LogP contribution in [0.2, 0.25) is 0 Å². The van der Waals surface area contributed by atoms with Crippen LogP contribution in [0.1, 0.15) is 12.5 Å². The molecular formula is C13H17F2NS2. The molecule has 1 aliphatic heterocycles. The van der Waals surface area contributed by atoms with Crippen molar-refractivity contribution in [2.24, 2.45) is 5.73 Å². The van der Waals surface area contributed by atoms with Crippen LogP contribution in [-0.4, -0.2) is 28.0 Å². The molecule has 2 N–H and O–H groups in total. The highest BCUT2D eigenvalue weighted by molar-refractivity contribution is 8.07. The lowest BCUT2D eigenvalue weighted by molar-refractivity contribution is 0.527. The van der Waals surface area contributed by atoms with Gasteiger partial charge < -0.3 is 5.73 Å². The molecule has 3 atom stereocenters. The first-order chi connectivity index (χ1) is 8.59. The molecule has 0 aliphatic carbocycles. The highest BCUT2D eigenvalue weighted by Crippen LogP contribution is 2.33. The molecule has 18 heavy (non-hydrogen) atoms. The van der Waals surface area contributed by atoms with Crippen LogP contribution in [0.25, 0.3) is 0 Å². The number of thioether (sulfide) groups is 2. The van der Waals surface area contributed by atoms with Crippen LogP contribution in [0, 0.1) is 11.6 Å². The summed E-state index contributed by atoms with van der Waals surface area (Å²) in [6.07, 6.45) is 0.265. The minimum absolute atomic E-state index is 0.119. The predicted molar refractivity (Wildman–Crippen MR) is 76.2 cm³/mol. The third-order valence-electron chi connectivity index (χ3n) is 3.16. The minimum atomic E-state index is -0.494. The molecule has 0 radical (unpaired) electrons. The summed E-state index contributed by atoms with van der Waals surface area (Å²) in [7, 11) is 0. The van der Waals surface area contributed by atoms with Crippen molar-refractivity contribution in [1.82, 2.24) is 0 Å². The van der Waals surface area contributed by atoms with E-state index in [9.17, 15) is 8.78 Å². The monoisotopic (exact) mass is 289 g/mol. The fraction of sp³-hybridized carbons (Fsp3) is 0.538. The summed E-state index contributed by atoms with van der Waals surface area (Å²) in [5.74, 6) is 1.20. The molecule has 1 saturated heterocycles. The van der Waals surface area contributed by atoms with Crippen LogP contribution in [0.5, 0.6) is 0 Å².